The van der Waals surface area contributed by atoms with E-state index in [0.29, 0.717) is 11.5 Å². The van der Waals surface area contributed by atoms with Crippen molar-refractivity contribution >= 4 is 21.7 Å². The summed E-state index contributed by atoms with van der Waals surface area (Å²) >= 11 is 3.36. The van der Waals surface area contributed by atoms with Gasteiger partial charge in [0, 0.05) is 23.8 Å². The van der Waals surface area contributed by atoms with Gasteiger partial charge in [-0.2, -0.15) is 5.26 Å². The zero-order chi connectivity index (χ0) is 13.0. The lowest BCUT2D eigenvalue weighted by atomic mass is 9.98. The van der Waals surface area contributed by atoms with Crippen molar-refractivity contribution < 1.29 is 0 Å². The molecule has 5 heteroatoms. The summed E-state index contributed by atoms with van der Waals surface area (Å²) in [6.07, 6.45) is 4.17. The molecule has 1 unspecified atom stereocenters. The lowest BCUT2D eigenvalue weighted by Crippen LogP contribution is -2.39. The molecule has 1 saturated heterocycles. The molecule has 1 atom stereocenters. The Bertz CT molecular complexity index is 453. The Morgan fingerprint density at radius 3 is 3.22 bits per heavy atom. The molecule has 96 valence electrons. The summed E-state index contributed by atoms with van der Waals surface area (Å²) in [6, 6.07) is 4.07. The van der Waals surface area contributed by atoms with Crippen LogP contribution in [0.5, 0.6) is 0 Å². The van der Waals surface area contributed by atoms with Crippen LogP contribution in [0.4, 0.5) is 5.82 Å². The first-order valence-electron chi connectivity index (χ1n) is 6.19. The number of hydrogen-bond acceptors (Lipinski definition) is 4. The number of halogens is 1. The van der Waals surface area contributed by atoms with Crippen molar-refractivity contribution in [1.82, 2.24) is 10.3 Å². The van der Waals surface area contributed by atoms with Crippen LogP contribution in [-0.2, 0) is 0 Å². The van der Waals surface area contributed by atoms with Crippen LogP contribution in [0.25, 0.3) is 0 Å². The fourth-order valence-corrected chi connectivity index (χ4v) is 2.81. The van der Waals surface area contributed by atoms with Crippen LogP contribution in [0, 0.1) is 17.2 Å². The molecular weight excluding hydrogens is 292 g/mol. The van der Waals surface area contributed by atoms with Crippen molar-refractivity contribution in [3.63, 3.8) is 0 Å². The molecule has 1 N–H and O–H groups in total. The second-order valence-corrected chi connectivity index (χ2v) is 5.56. The van der Waals surface area contributed by atoms with Crippen molar-refractivity contribution in [1.29, 1.82) is 5.26 Å². The molecule has 2 rings (SSSR count). The monoisotopic (exact) mass is 308 g/mol. The van der Waals surface area contributed by atoms with Crippen LogP contribution < -0.4 is 10.2 Å². The van der Waals surface area contributed by atoms with Gasteiger partial charge < -0.3 is 10.2 Å². The van der Waals surface area contributed by atoms with Gasteiger partial charge in [-0.05, 0) is 54.3 Å². The molecule has 0 aliphatic carbocycles. The highest BCUT2D eigenvalue weighted by atomic mass is 79.9. The van der Waals surface area contributed by atoms with E-state index in [2.05, 4.69) is 37.2 Å². The SMILES string of the molecule is CNCC1CCCN(c2ncc(Br)cc2C#N)C1. The highest BCUT2D eigenvalue weighted by molar-refractivity contribution is 9.10. The molecule has 1 fully saturated rings. The minimum atomic E-state index is 0.640. The van der Waals surface area contributed by atoms with E-state index in [-0.39, 0.29) is 0 Å². The third-order valence-electron chi connectivity index (χ3n) is 3.27. The zero-order valence-corrected chi connectivity index (χ0v) is 12.1. The molecule has 0 radical (unpaired) electrons. The number of anilines is 1. The van der Waals surface area contributed by atoms with Gasteiger partial charge in [-0.3, -0.25) is 0 Å². The molecule has 1 aromatic heterocycles. The smallest absolute Gasteiger partial charge is 0.146 e. The Morgan fingerprint density at radius 1 is 1.67 bits per heavy atom. The summed E-state index contributed by atoms with van der Waals surface area (Å²) in [5.74, 6) is 1.46. The van der Waals surface area contributed by atoms with Crippen molar-refractivity contribution in [2.24, 2.45) is 5.92 Å². The van der Waals surface area contributed by atoms with E-state index in [1.165, 1.54) is 6.42 Å². The summed E-state index contributed by atoms with van der Waals surface area (Å²) in [5, 5.41) is 12.4. The first-order chi connectivity index (χ1) is 8.74. The number of pyridine rings is 1. The van der Waals surface area contributed by atoms with Gasteiger partial charge in [-0.15, -0.1) is 0 Å². The van der Waals surface area contributed by atoms with Gasteiger partial charge in [0.1, 0.15) is 11.9 Å². The summed E-state index contributed by atoms with van der Waals surface area (Å²) in [6.45, 7) is 2.99. The maximum Gasteiger partial charge on any atom is 0.146 e. The lowest BCUT2D eigenvalue weighted by Gasteiger charge is -2.34. The predicted molar refractivity (Wildman–Crippen MR) is 75.5 cm³/mol. The Morgan fingerprint density at radius 2 is 2.50 bits per heavy atom. The van der Waals surface area contributed by atoms with Crippen LogP contribution in [0.2, 0.25) is 0 Å². The topological polar surface area (TPSA) is 52.0 Å². The zero-order valence-electron chi connectivity index (χ0n) is 10.5. The Kier molecular flexibility index (Phi) is 4.56. The fourth-order valence-electron chi connectivity index (χ4n) is 2.48. The minimum absolute atomic E-state index is 0.640. The second-order valence-electron chi connectivity index (χ2n) is 4.65. The van der Waals surface area contributed by atoms with Crippen molar-refractivity contribution in [3.05, 3.63) is 22.3 Å². The molecule has 4 nitrogen and oxygen atoms in total. The minimum Gasteiger partial charge on any atom is -0.355 e. The van der Waals surface area contributed by atoms with Gasteiger partial charge >= 0.3 is 0 Å². The molecule has 0 amide bonds. The van der Waals surface area contributed by atoms with Crippen LogP contribution in [0.15, 0.2) is 16.7 Å². The molecule has 2 heterocycles. The van der Waals surface area contributed by atoms with Crippen LogP contribution in [0.3, 0.4) is 0 Å². The molecular formula is C13H17BrN4. The Hall–Kier alpha value is -1.12. The molecule has 0 spiro atoms. The summed E-state index contributed by atoms with van der Waals surface area (Å²) in [4.78, 5) is 6.64. The molecule has 0 aromatic carbocycles. The van der Waals surface area contributed by atoms with Gasteiger partial charge in [-0.1, -0.05) is 0 Å². The van der Waals surface area contributed by atoms with Gasteiger partial charge in [0.15, 0.2) is 0 Å². The normalized spacial score (nSPS) is 19.6. The van der Waals surface area contributed by atoms with Crippen LogP contribution in [0.1, 0.15) is 18.4 Å². The number of nitriles is 1. The van der Waals surface area contributed by atoms with E-state index in [1.54, 1.807) is 6.20 Å². The summed E-state index contributed by atoms with van der Waals surface area (Å²) < 4.78 is 0.853. The van der Waals surface area contributed by atoms with E-state index >= 15 is 0 Å². The van der Waals surface area contributed by atoms with E-state index in [4.69, 9.17) is 0 Å². The number of rotatable bonds is 3. The Labute approximate surface area is 116 Å². The maximum atomic E-state index is 9.19. The first kappa shape index (κ1) is 13.3. The highest BCUT2D eigenvalue weighted by Gasteiger charge is 2.22. The molecule has 18 heavy (non-hydrogen) atoms. The van der Waals surface area contributed by atoms with Crippen molar-refractivity contribution in [3.8, 4) is 6.07 Å². The second kappa shape index (κ2) is 6.17. The van der Waals surface area contributed by atoms with E-state index < -0.39 is 0 Å². The van der Waals surface area contributed by atoms with Gasteiger partial charge in [0.25, 0.3) is 0 Å². The first-order valence-corrected chi connectivity index (χ1v) is 6.99. The standard InChI is InChI=1S/C13H17BrN4/c1-16-7-10-3-2-4-18(9-10)13-11(6-15)5-12(14)8-17-13/h5,8,10,16H,2-4,7,9H2,1H3. The maximum absolute atomic E-state index is 9.19. The average Bonchev–Trinajstić information content (AvgIpc) is 2.39. The van der Waals surface area contributed by atoms with Crippen molar-refractivity contribution in [2.75, 3.05) is 31.6 Å². The number of piperidine rings is 1. The third-order valence-corrected chi connectivity index (χ3v) is 3.70. The Balaban J connectivity index is 2.18. The van der Waals surface area contributed by atoms with Gasteiger partial charge in [0.2, 0.25) is 0 Å². The molecule has 0 bridgehead atoms. The number of nitrogens with zero attached hydrogens (tertiary/aromatic N) is 3. The van der Waals surface area contributed by atoms with Gasteiger partial charge in [-0.25, -0.2) is 4.98 Å². The lowest BCUT2D eigenvalue weighted by molar-refractivity contribution is 0.401. The summed E-state index contributed by atoms with van der Waals surface area (Å²) in [5.41, 5.74) is 0.648. The van der Waals surface area contributed by atoms with E-state index in [0.717, 1.165) is 36.3 Å². The molecule has 1 aliphatic heterocycles. The predicted octanol–water partition coefficient (Wildman–Crippen LogP) is 2.15. The summed E-state index contributed by atoms with van der Waals surface area (Å²) in [7, 11) is 1.98. The largest absolute Gasteiger partial charge is 0.355 e. The van der Waals surface area contributed by atoms with E-state index in [1.807, 2.05) is 13.1 Å². The van der Waals surface area contributed by atoms with Crippen molar-refractivity contribution in [2.45, 2.75) is 12.8 Å². The third kappa shape index (κ3) is 3.01. The number of hydrogen-bond donors (Lipinski definition) is 1. The number of aromatic nitrogens is 1. The van der Waals surface area contributed by atoms with E-state index in [9.17, 15) is 5.26 Å². The molecule has 1 aliphatic rings. The van der Waals surface area contributed by atoms with Gasteiger partial charge in [0.05, 0.1) is 5.56 Å². The number of nitrogens with one attached hydrogen (secondary N) is 1. The highest BCUT2D eigenvalue weighted by Crippen LogP contribution is 2.25. The molecule has 0 saturated carbocycles. The average molecular weight is 309 g/mol. The molecule has 1 aromatic rings. The van der Waals surface area contributed by atoms with Crippen LogP contribution in [-0.4, -0.2) is 31.7 Å². The quantitative estimate of drug-likeness (QED) is 0.929. The van der Waals surface area contributed by atoms with Crippen LogP contribution >= 0.6 is 15.9 Å². The fraction of sp³-hybridized carbons (Fsp3) is 0.538.